The molecule has 0 aliphatic carbocycles. The van der Waals surface area contributed by atoms with Crippen molar-refractivity contribution in [1.82, 2.24) is 9.97 Å². The van der Waals surface area contributed by atoms with Crippen molar-refractivity contribution in [3.63, 3.8) is 0 Å². The molecule has 1 aromatic carbocycles. The van der Waals surface area contributed by atoms with Crippen molar-refractivity contribution in [1.29, 1.82) is 0 Å². The molecule has 0 saturated heterocycles. The van der Waals surface area contributed by atoms with E-state index in [1.54, 1.807) is 6.07 Å². The van der Waals surface area contributed by atoms with E-state index < -0.39 is 0 Å². The third-order valence-electron chi connectivity index (χ3n) is 3.36. The molecule has 1 heterocycles. The van der Waals surface area contributed by atoms with Crippen LogP contribution in [0.2, 0.25) is 0 Å². The Balaban J connectivity index is 2.08. The highest BCUT2D eigenvalue weighted by atomic mass is 16.1. The summed E-state index contributed by atoms with van der Waals surface area (Å²) >= 11 is 0. The lowest BCUT2D eigenvalue weighted by molar-refractivity contribution is 0.102. The topological polar surface area (TPSA) is 66.9 Å². The molecule has 1 aromatic heterocycles. The summed E-state index contributed by atoms with van der Waals surface area (Å²) in [7, 11) is 0. The van der Waals surface area contributed by atoms with E-state index in [1.165, 1.54) is 11.9 Å². The van der Waals surface area contributed by atoms with Crippen LogP contribution in [0, 0.1) is 19.8 Å². The summed E-state index contributed by atoms with van der Waals surface area (Å²) in [6.45, 7) is 9.08. The van der Waals surface area contributed by atoms with Crippen molar-refractivity contribution in [3.05, 3.63) is 47.4 Å². The van der Waals surface area contributed by atoms with Crippen LogP contribution in [-0.2, 0) is 0 Å². The SMILES string of the molecule is Cc1ccc(NC(=O)c2cc(NCC(C)C)ncn2)cc1C. The fourth-order valence-electron chi connectivity index (χ4n) is 1.90. The van der Waals surface area contributed by atoms with Crippen LogP contribution >= 0.6 is 0 Å². The molecule has 0 atom stereocenters. The molecule has 0 aliphatic rings. The van der Waals surface area contributed by atoms with Crippen molar-refractivity contribution in [2.75, 3.05) is 17.2 Å². The van der Waals surface area contributed by atoms with E-state index in [0.29, 0.717) is 17.4 Å². The number of carbonyl (C=O) groups excluding carboxylic acids is 1. The second kappa shape index (κ2) is 7.02. The van der Waals surface area contributed by atoms with Crippen molar-refractivity contribution in [2.45, 2.75) is 27.7 Å². The number of nitrogens with one attached hydrogen (secondary N) is 2. The van der Waals surface area contributed by atoms with Crippen LogP contribution in [0.15, 0.2) is 30.6 Å². The van der Waals surface area contributed by atoms with Gasteiger partial charge in [-0.15, -0.1) is 0 Å². The Morgan fingerprint density at radius 3 is 2.59 bits per heavy atom. The van der Waals surface area contributed by atoms with E-state index in [4.69, 9.17) is 0 Å². The van der Waals surface area contributed by atoms with Crippen LogP contribution in [0.5, 0.6) is 0 Å². The predicted octanol–water partition coefficient (Wildman–Crippen LogP) is 3.41. The number of hydrogen-bond acceptors (Lipinski definition) is 4. The molecule has 0 unspecified atom stereocenters. The van der Waals surface area contributed by atoms with Crippen molar-refractivity contribution in [3.8, 4) is 0 Å². The monoisotopic (exact) mass is 298 g/mol. The van der Waals surface area contributed by atoms with Gasteiger partial charge in [0.25, 0.3) is 5.91 Å². The van der Waals surface area contributed by atoms with Crippen LogP contribution in [0.3, 0.4) is 0 Å². The number of nitrogens with zero attached hydrogens (tertiary/aromatic N) is 2. The highest BCUT2D eigenvalue weighted by molar-refractivity contribution is 6.03. The summed E-state index contributed by atoms with van der Waals surface area (Å²) in [6.07, 6.45) is 1.40. The summed E-state index contributed by atoms with van der Waals surface area (Å²) < 4.78 is 0. The minimum absolute atomic E-state index is 0.238. The van der Waals surface area contributed by atoms with Gasteiger partial charge in [0.2, 0.25) is 0 Å². The minimum Gasteiger partial charge on any atom is -0.370 e. The van der Waals surface area contributed by atoms with Gasteiger partial charge in [-0.25, -0.2) is 9.97 Å². The van der Waals surface area contributed by atoms with Crippen LogP contribution in [0.1, 0.15) is 35.5 Å². The van der Waals surface area contributed by atoms with Crippen molar-refractivity contribution < 1.29 is 4.79 Å². The van der Waals surface area contributed by atoms with Gasteiger partial charge >= 0.3 is 0 Å². The summed E-state index contributed by atoms with van der Waals surface area (Å²) in [6, 6.07) is 7.49. The summed E-state index contributed by atoms with van der Waals surface area (Å²) in [5.74, 6) is 0.926. The number of carbonyl (C=O) groups is 1. The van der Waals surface area contributed by atoms with Gasteiger partial charge in [0.1, 0.15) is 17.8 Å². The van der Waals surface area contributed by atoms with Gasteiger partial charge < -0.3 is 10.6 Å². The molecular formula is C17H22N4O. The van der Waals surface area contributed by atoms with E-state index in [1.807, 2.05) is 32.0 Å². The molecule has 5 nitrogen and oxygen atoms in total. The first-order chi connectivity index (χ1) is 10.5. The Labute approximate surface area is 131 Å². The Kier molecular flexibility index (Phi) is 5.09. The fourth-order valence-corrected chi connectivity index (χ4v) is 1.90. The lowest BCUT2D eigenvalue weighted by Gasteiger charge is -2.10. The Bertz CT molecular complexity index is 667. The Morgan fingerprint density at radius 2 is 1.91 bits per heavy atom. The molecule has 2 rings (SSSR count). The third-order valence-corrected chi connectivity index (χ3v) is 3.36. The zero-order valence-electron chi connectivity index (χ0n) is 13.5. The van der Waals surface area contributed by atoms with Crippen LogP contribution < -0.4 is 10.6 Å². The van der Waals surface area contributed by atoms with Gasteiger partial charge in [0.15, 0.2) is 0 Å². The second-order valence-electron chi connectivity index (χ2n) is 5.82. The van der Waals surface area contributed by atoms with Crippen LogP contribution in [-0.4, -0.2) is 22.4 Å². The highest BCUT2D eigenvalue weighted by Gasteiger charge is 2.10. The average Bonchev–Trinajstić information content (AvgIpc) is 2.49. The molecule has 0 fully saturated rings. The largest absolute Gasteiger partial charge is 0.370 e. The number of aryl methyl sites for hydroxylation is 2. The number of benzene rings is 1. The maximum atomic E-state index is 12.3. The molecule has 0 aliphatic heterocycles. The van der Waals surface area contributed by atoms with Gasteiger partial charge in [0.05, 0.1) is 0 Å². The lowest BCUT2D eigenvalue weighted by Crippen LogP contribution is -2.15. The molecule has 22 heavy (non-hydrogen) atoms. The predicted molar refractivity (Wildman–Crippen MR) is 89.2 cm³/mol. The molecule has 1 amide bonds. The number of hydrogen-bond donors (Lipinski definition) is 2. The lowest BCUT2D eigenvalue weighted by atomic mass is 10.1. The summed E-state index contributed by atoms with van der Waals surface area (Å²) in [5, 5.41) is 6.05. The zero-order chi connectivity index (χ0) is 16.1. The average molecular weight is 298 g/mol. The Morgan fingerprint density at radius 1 is 1.14 bits per heavy atom. The van der Waals surface area contributed by atoms with E-state index >= 15 is 0 Å². The molecule has 116 valence electrons. The van der Waals surface area contributed by atoms with Gasteiger partial charge in [-0.3, -0.25) is 4.79 Å². The quantitative estimate of drug-likeness (QED) is 0.887. The molecular weight excluding hydrogens is 276 g/mol. The van der Waals surface area contributed by atoms with Gasteiger partial charge in [0, 0.05) is 18.3 Å². The van der Waals surface area contributed by atoms with E-state index in [9.17, 15) is 4.79 Å². The van der Waals surface area contributed by atoms with Crippen molar-refractivity contribution in [2.24, 2.45) is 5.92 Å². The zero-order valence-corrected chi connectivity index (χ0v) is 13.5. The normalized spacial score (nSPS) is 10.6. The number of rotatable bonds is 5. The van der Waals surface area contributed by atoms with Gasteiger partial charge in [-0.1, -0.05) is 19.9 Å². The molecule has 0 saturated carbocycles. The number of anilines is 2. The van der Waals surface area contributed by atoms with E-state index in [2.05, 4.69) is 34.4 Å². The molecule has 2 N–H and O–H groups in total. The molecule has 0 radical (unpaired) electrons. The van der Waals surface area contributed by atoms with Gasteiger partial charge in [-0.05, 0) is 43.0 Å². The Hall–Kier alpha value is -2.43. The fraction of sp³-hybridized carbons (Fsp3) is 0.353. The first kappa shape index (κ1) is 15.9. The molecule has 5 heteroatoms. The first-order valence-electron chi connectivity index (χ1n) is 7.40. The maximum absolute atomic E-state index is 12.3. The standard InChI is InChI=1S/C17H22N4O/c1-11(2)9-18-16-8-15(19-10-20-16)17(22)21-14-6-5-12(3)13(4)7-14/h5-8,10-11H,9H2,1-4H3,(H,21,22)(H,18,19,20). The van der Waals surface area contributed by atoms with E-state index in [-0.39, 0.29) is 5.91 Å². The van der Waals surface area contributed by atoms with Gasteiger partial charge in [-0.2, -0.15) is 0 Å². The second-order valence-corrected chi connectivity index (χ2v) is 5.82. The van der Waals surface area contributed by atoms with Crippen molar-refractivity contribution >= 4 is 17.4 Å². The maximum Gasteiger partial charge on any atom is 0.274 e. The van der Waals surface area contributed by atoms with Crippen LogP contribution in [0.4, 0.5) is 11.5 Å². The molecule has 0 bridgehead atoms. The first-order valence-corrected chi connectivity index (χ1v) is 7.40. The summed E-state index contributed by atoms with van der Waals surface area (Å²) in [4.78, 5) is 20.4. The third kappa shape index (κ3) is 4.28. The smallest absolute Gasteiger partial charge is 0.274 e. The highest BCUT2D eigenvalue weighted by Crippen LogP contribution is 2.15. The number of aromatic nitrogens is 2. The number of amides is 1. The molecule has 2 aromatic rings. The molecule has 0 spiro atoms. The van der Waals surface area contributed by atoms with Crippen LogP contribution in [0.25, 0.3) is 0 Å². The summed E-state index contributed by atoms with van der Waals surface area (Å²) in [5.41, 5.74) is 3.45. The van der Waals surface area contributed by atoms with E-state index in [0.717, 1.165) is 17.8 Å². The minimum atomic E-state index is -0.238.